The van der Waals surface area contributed by atoms with Gasteiger partial charge in [0.05, 0.1) is 18.1 Å². The van der Waals surface area contributed by atoms with Gasteiger partial charge in [-0.2, -0.15) is 0 Å². The van der Waals surface area contributed by atoms with Crippen molar-refractivity contribution in [1.29, 1.82) is 0 Å². The van der Waals surface area contributed by atoms with Crippen LogP contribution in [0.5, 0.6) is 0 Å². The van der Waals surface area contributed by atoms with Gasteiger partial charge in [-0.25, -0.2) is 0 Å². The third-order valence-electron chi connectivity index (χ3n) is 4.55. The summed E-state index contributed by atoms with van der Waals surface area (Å²) < 4.78 is 4.68. The number of piperidine rings is 1. The number of aromatic nitrogens is 2. The minimum absolute atomic E-state index is 0.134. The number of amides is 1. The minimum atomic E-state index is -0.749. The molecule has 0 spiro atoms. The van der Waals surface area contributed by atoms with E-state index in [9.17, 15) is 19.2 Å². The van der Waals surface area contributed by atoms with Gasteiger partial charge >= 0.3 is 17.1 Å². The first-order valence-electron chi connectivity index (χ1n) is 8.10. The fourth-order valence-electron chi connectivity index (χ4n) is 3.09. The van der Waals surface area contributed by atoms with Gasteiger partial charge < -0.3 is 19.6 Å². The summed E-state index contributed by atoms with van der Waals surface area (Å²) in [5, 5.41) is 0. The molecule has 132 valence electrons. The first-order valence-corrected chi connectivity index (χ1v) is 8.10. The van der Waals surface area contributed by atoms with E-state index in [1.165, 1.54) is 7.11 Å². The molecular weight excluding hydrogens is 326 g/mol. The molecule has 8 nitrogen and oxygen atoms in total. The summed E-state index contributed by atoms with van der Waals surface area (Å²) in [4.78, 5) is 53.4. The van der Waals surface area contributed by atoms with Crippen LogP contribution in [0.15, 0.2) is 27.8 Å². The van der Waals surface area contributed by atoms with Crippen molar-refractivity contribution in [2.24, 2.45) is 5.92 Å². The lowest BCUT2D eigenvalue weighted by atomic mass is 9.93. The Kier molecular flexibility index (Phi) is 4.69. The van der Waals surface area contributed by atoms with Gasteiger partial charge in [-0.05, 0) is 37.0 Å². The zero-order chi connectivity index (χ0) is 18.0. The molecule has 3 rings (SSSR count). The standard InChI is InChI=1S/C17H19N3O5/c1-25-14(21)8-10-4-6-20(7-5-10)17(24)11-2-3-12-13(9-11)19-16(23)15(22)18-12/h2-3,9-10H,4-8H2,1H3,(H,18,22)(H,19,23). The number of nitrogens with zero attached hydrogens (tertiary/aromatic N) is 1. The number of carbonyl (C=O) groups is 2. The zero-order valence-electron chi connectivity index (χ0n) is 13.8. The first kappa shape index (κ1) is 16.9. The van der Waals surface area contributed by atoms with Gasteiger partial charge in [0.15, 0.2) is 0 Å². The normalized spacial score (nSPS) is 15.3. The highest BCUT2D eigenvalue weighted by atomic mass is 16.5. The third-order valence-corrected chi connectivity index (χ3v) is 4.55. The van der Waals surface area contributed by atoms with Crippen molar-refractivity contribution in [3.8, 4) is 0 Å². The first-order chi connectivity index (χ1) is 12.0. The Bertz CT molecular complexity index is 922. The SMILES string of the molecule is COC(=O)CC1CCN(C(=O)c2ccc3[nH]c(=O)c(=O)[nH]c3c2)CC1. The lowest BCUT2D eigenvalue weighted by Crippen LogP contribution is -2.39. The Morgan fingerprint density at radius 2 is 1.76 bits per heavy atom. The van der Waals surface area contributed by atoms with Gasteiger partial charge in [-0.3, -0.25) is 19.2 Å². The van der Waals surface area contributed by atoms with Crippen LogP contribution in [-0.4, -0.2) is 46.9 Å². The molecule has 8 heteroatoms. The predicted molar refractivity (Wildman–Crippen MR) is 90.4 cm³/mol. The Morgan fingerprint density at radius 3 is 2.40 bits per heavy atom. The summed E-state index contributed by atoms with van der Waals surface area (Å²) in [6.07, 6.45) is 1.88. The smallest absolute Gasteiger partial charge is 0.314 e. The summed E-state index contributed by atoms with van der Waals surface area (Å²) in [6.45, 7) is 1.14. The number of H-pyrrole nitrogens is 2. The maximum absolute atomic E-state index is 12.7. The second kappa shape index (κ2) is 6.92. The number of carbonyl (C=O) groups excluding carboxylic acids is 2. The van der Waals surface area contributed by atoms with Crippen LogP contribution in [0.2, 0.25) is 0 Å². The summed E-state index contributed by atoms with van der Waals surface area (Å²) in [5.41, 5.74) is -0.143. The van der Waals surface area contributed by atoms with Gasteiger partial charge in [0.25, 0.3) is 5.91 Å². The molecule has 1 aromatic carbocycles. The van der Waals surface area contributed by atoms with Gasteiger partial charge in [0.1, 0.15) is 0 Å². The zero-order valence-corrected chi connectivity index (χ0v) is 13.8. The number of ether oxygens (including phenoxy) is 1. The van der Waals surface area contributed by atoms with E-state index in [2.05, 4.69) is 14.7 Å². The van der Waals surface area contributed by atoms with E-state index >= 15 is 0 Å². The van der Waals surface area contributed by atoms with E-state index in [0.717, 1.165) is 12.8 Å². The lowest BCUT2D eigenvalue weighted by Gasteiger charge is -2.31. The molecule has 1 amide bonds. The molecule has 0 bridgehead atoms. The third kappa shape index (κ3) is 3.62. The molecule has 1 saturated heterocycles. The molecule has 0 saturated carbocycles. The van der Waals surface area contributed by atoms with Crippen molar-refractivity contribution >= 4 is 22.9 Å². The van der Waals surface area contributed by atoms with Gasteiger partial charge in [0.2, 0.25) is 0 Å². The van der Waals surface area contributed by atoms with Crippen molar-refractivity contribution < 1.29 is 14.3 Å². The molecule has 1 aliphatic rings. The Hall–Kier alpha value is -2.90. The summed E-state index contributed by atoms with van der Waals surface area (Å²) in [5.74, 6) is -0.128. The van der Waals surface area contributed by atoms with Crippen molar-refractivity contribution in [1.82, 2.24) is 14.9 Å². The lowest BCUT2D eigenvalue weighted by molar-refractivity contribution is -0.142. The van der Waals surface area contributed by atoms with Crippen LogP contribution >= 0.6 is 0 Å². The van der Waals surface area contributed by atoms with E-state index in [1.807, 2.05) is 0 Å². The molecule has 2 N–H and O–H groups in total. The fraction of sp³-hybridized carbons (Fsp3) is 0.412. The van der Waals surface area contributed by atoms with Crippen molar-refractivity contribution in [3.63, 3.8) is 0 Å². The number of nitrogens with one attached hydrogen (secondary N) is 2. The number of hydrogen-bond acceptors (Lipinski definition) is 5. The van der Waals surface area contributed by atoms with E-state index in [4.69, 9.17) is 0 Å². The number of likely N-dealkylation sites (tertiary alicyclic amines) is 1. The Balaban J connectivity index is 1.72. The highest BCUT2D eigenvalue weighted by molar-refractivity contribution is 5.97. The fourth-order valence-corrected chi connectivity index (χ4v) is 3.09. The van der Waals surface area contributed by atoms with Gasteiger partial charge in [-0.15, -0.1) is 0 Å². The molecular formula is C17H19N3O5. The van der Waals surface area contributed by atoms with Crippen LogP contribution in [0.4, 0.5) is 0 Å². The molecule has 0 atom stereocenters. The summed E-state index contributed by atoms with van der Waals surface area (Å²) in [7, 11) is 1.37. The minimum Gasteiger partial charge on any atom is -0.469 e. The highest BCUT2D eigenvalue weighted by Gasteiger charge is 2.25. The van der Waals surface area contributed by atoms with E-state index in [-0.39, 0.29) is 17.8 Å². The molecule has 1 fully saturated rings. The van der Waals surface area contributed by atoms with E-state index in [1.54, 1.807) is 23.1 Å². The molecule has 0 aliphatic carbocycles. The van der Waals surface area contributed by atoms with Crippen LogP contribution < -0.4 is 11.1 Å². The molecule has 2 aromatic rings. The van der Waals surface area contributed by atoms with Crippen LogP contribution in [-0.2, 0) is 9.53 Å². The van der Waals surface area contributed by atoms with Crippen LogP contribution in [0.3, 0.4) is 0 Å². The Morgan fingerprint density at radius 1 is 1.12 bits per heavy atom. The number of fused-ring (bicyclic) bond motifs is 1. The average Bonchev–Trinajstić information content (AvgIpc) is 2.62. The maximum Gasteiger partial charge on any atom is 0.314 e. The second-order valence-electron chi connectivity index (χ2n) is 6.18. The number of aromatic amines is 2. The average molecular weight is 345 g/mol. The maximum atomic E-state index is 12.7. The molecule has 0 radical (unpaired) electrons. The molecule has 1 aromatic heterocycles. The number of esters is 1. The van der Waals surface area contributed by atoms with Crippen molar-refractivity contribution in [2.75, 3.05) is 20.2 Å². The molecule has 2 heterocycles. The van der Waals surface area contributed by atoms with Gasteiger partial charge in [-0.1, -0.05) is 0 Å². The topological polar surface area (TPSA) is 112 Å². The molecule has 25 heavy (non-hydrogen) atoms. The van der Waals surface area contributed by atoms with Crippen LogP contribution in [0.1, 0.15) is 29.6 Å². The summed E-state index contributed by atoms with van der Waals surface area (Å²) in [6, 6.07) is 4.79. The van der Waals surface area contributed by atoms with Crippen LogP contribution in [0, 0.1) is 5.92 Å². The number of benzene rings is 1. The number of methoxy groups -OCH3 is 1. The Labute approximate surface area is 142 Å². The van der Waals surface area contributed by atoms with Crippen molar-refractivity contribution in [3.05, 3.63) is 44.5 Å². The van der Waals surface area contributed by atoms with Crippen molar-refractivity contribution in [2.45, 2.75) is 19.3 Å². The predicted octanol–water partition coefficient (Wildman–Crippen LogP) is 0.632. The number of rotatable bonds is 3. The van der Waals surface area contributed by atoms with E-state index in [0.29, 0.717) is 36.1 Å². The van der Waals surface area contributed by atoms with Gasteiger partial charge in [0, 0.05) is 25.1 Å². The van der Waals surface area contributed by atoms with Crippen LogP contribution in [0.25, 0.3) is 11.0 Å². The largest absolute Gasteiger partial charge is 0.469 e. The molecule has 1 aliphatic heterocycles. The highest BCUT2D eigenvalue weighted by Crippen LogP contribution is 2.22. The second-order valence-corrected chi connectivity index (χ2v) is 6.18. The quantitative estimate of drug-likeness (QED) is 0.626. The number of hydrogen-bond donors (Lipinski definition) is 2. The molecule has 0 unspecified atom stereocenters. The summed E-state index contributed by atoms with van der Waals surface area (Å²) >= 11 is 0. The monoisotopic (exact) mass is 345 g/mol. The van der Waals surface area contributed by atoms with E-state index < -0.39 is 11.1 Å².